The minimum atomic E-state index is -0.768. The van der Waals surface area contributed by atoms with Crippen LogP contribution in [0.2, 0.25) is 10.0 Å². The van der Waals surface area contributed by atoms with Crippen molar-refractivity contribution in [3.05, 3.63) is 93.0 Å². The van der Waals surface area contributed by atoms with Crippen LogP contribution in [-0.4, -0.2) is 5.97 Å². The molecule has 0 bridgehead atoms. The topological polar surface area (TPSA) is 69.7 Å². The summed E-state index contributed by atoms with van der Waals surface area (Å²) >= 11 is 12.3. The highest BCUT2D eigenvalue weighted by atomic mass is 35.5. The van der Waals surface area contributed by atoms with Crippen molar-refractivity contribution < 1.29 is 18.4 Å². The molecule has 2 aromatic carbocycles. The first kappa shape index (κ1) is 19.1. The fourth-order valence-corrected chi connectivity index (χ4v) is 3.23. The molecule has 4 aromatic rings. The lowest BCUT2D eigenvalue weighted by molar-refractivity contribution is -0.129. The lowest BCUT2D eigenvalue weighted by atomic mass is 10.1. The molecule has 0 fully saturated rings. The predicted molar refractivity (Wildman–Crippen MR) is 111 cm³/mol. The molecule has 0 aliphatic carbocycles. The Morgan fingerprint density at radius 3 is 2.62 bits per heavy atom. The Hall–Kier alpha value is -3.28. The fourth-order valence-electron chi connectivity index (χ4n) is 2.74. The van der Waals surface area contributed by atoms with Crippen LogP contribution in [0.5, 0.6) is 5.75 Å². The molecule has 0 saturated heterocycles. The molecule has 0 unspecified atom stereocenters. The van der Waals surface area contributed by atoms with Gasteiger partial charge in [0.05, 0.1) is 16.7 Å². The molecule has 0 aliphatic heterocycles. The highest BCUT2D eigenvalue weighted by Gasteiger charge is 2.21. The monoisotopic (exact) mass is 426 g/mol. The number of carbonyl (C=O) groups excluding carboxylic acids is 1. The van der Waals surface area contributed by atoms with Gasteiger partial charge in [0.15, 0.2) is 5.76 Å². The van der Waals surface area contributed by atoms with Crippen LogP contribution < -0.4 is 10.2 Å². The highest BCUT2D eigenvalue weighted by Crippen LogP contribution is 2.36. The van der Waals surface area contributed by atoms with Crippen molar-refractivity contribution in [3.8, 4) is 17.1 Å². The highest BCUT2D eigenvalue weighted by molar-refractivity contribution is 6.36. The first-order valence-electron chi connectivity index (χ1n) is 8.47. The SMILES string of the molecule is O=C(/C=C/c1ccco1)Oc1c(-c2ccc(Cl)cc2Cl)oc2ccccc2c1=O. The summed E-state index contributed by atoms with van der Waals surface area (Å²) < 4.78 is 16.4. The number of halogens is 2. The Morgan fingerprint density at radius 1 is 1.03 bits per heavy atom. The summed E-state index contributed by atoms with van der Waals surface area (Å²) in [6.07, 6.45) is 4.06. The zero-order valence-electron chi connectivity index (χ0n) is 14.7. The third kappa shape index (κ3) is 3.97. The number of hydrogen-bond acceptors (Lipinski definition) is 5. The molecule has 0 radical (unpaired) electrons. The molecule has 29 heavy (non-hydrogen) atoms. The third-order valence-electron chi connectivity index (χ3n) is 4.06. The minimum absolute atomic E-state index is 0.0371. The van der Waals surface area contributed by atoms with Crippen molar-refractivity contribution in [2.24, 2.45) is 0 Å². The van der Waals surface area contributed by atoms with E-state index in [1.54, 1.807) is 48.5 Å². The average molecular weight is 427 g/mol. The zero-order valence-corrected chi connectivity index (χ0v) is 16.2. The van der Waals surface area contributed by atoms with Gasteiger partial charge in [-0.3, -0.25) is 4.79 Å². The van der Waals surface area contributed by atoms with Crippen molar-refractivity contribution >= 4 is 46.2 Å². The van der Waals surface area contributed by atoms with E-state index in [1.165, 1.54) is 18.4 Å². The van der Waals surface area contributed by atoms with Crippen LogP contribution >= 0.6 is 23.2 Å². The van der Waals surface area contributed by atoms with E-state index in [9.17, 15) is 9.59 Å². The number of ether oxygens (including phenoxy) is 1. The maximum atomic E-state index is 13.0. The number of hydrogen-bond donors (Lipinski definition) is 0. The summed E-state index contributed by atoms with van der Waals surface area (Å²) in [5, 5.41) is 0.945. The van der Waals surface area contributed by atoms with Gasteiger partial charge in [-0.25, -0.2) is 4.79 Å². The summed E-state index contributed by atoms with van der Waals surface area (Å²) in [5.74, 6) is -0.527. The van der Waals surface area contributed by atoms with Gasteiger partial charge in [0, 0.05) is 16.7 Å². The van der Waals surface area contributed by atoms with Crippen LogP contribution in [0.3, 0.4) is 0 Å². The van der Waals surface area contributed by atoms with Crippen LogP contribution in [0.15, 0.2) is 80.6 Å². The molecule has 0 N–H and O–H groups in total. The molecular formula is C22H12Cl2O5. The average Bonchev–Trinajstić information content (AvgIpc) is 3.22. The normalized spacial score (nSPS) is 11.2. The summed E-state index contributed by atoms with van der Waals surface area (Å²) in [7, 11) is 0. The Labute approximate surface area is 174 Å². The third-order valence-corrected chi connectivity index (χ3v) is 4.61. The minimum Gasteiger partial charge on any atom is -0.465 e. The van der Waals surface area contributed by atoms with E-state index in [0.717, 1.165) is 6.08 Å². The van der Waals surface area contributed by atoms with Crippen molar-refractivity contribution in [3.63, 3.8) is 0 Å². The van der Waals surface area contributed by atoms with E-state index >= 15 is 0 Å². The molecule has 4 rings (SSSR count). The molecule has 2 heterocycles. The van der Waals surface area contributed by atoms with Gasteiger partial charge in [0.1, 0.15) is 11.3 Å². The largest absolute Gasteiger partial charge is 0.465 e. The van der Waals surface area contributed by atoms with E-state index in [4.69, 9.17) is 36.8 Å². The van der Waals surface area contributed by atoms with Crippen LogP contribution in [0.25, 0.3) is 28.4 Å². The van der Waals surface area contributed by atoms with Gasteiger partial charge in [-0.2, -0.15) is 0 Å². The molecule has 2 aromatic heterocycles. The number of fused-ring (bicyclic) bond motifs is 1. The molecular weight excluding hydrogens is 415 g/mol. The number of furan rings is 1. The van der Waals surface area contributed by atoms with Crippen molar-refractivity contribution in [1.29, 1.82) is 0 Å². The number of carbonyl (C=O) groups is 1. The second-order valence-electron chi connectivity index (χ2n) is 5.98. The second kappa shape index (κ2) is 7.99. The number of esters is 1. The molecule has 144 valence electrons. The number of para-hydroxylation sites is 1. The Kier molecular flexibility index (Phi) is 5.25. The standard InChI is InChI=1S/C22H12Cl2O5/c23-13-7-9-15(17(24)12-13)21-22(20(26)16-5-1-2-6-18(16)28-21)29-19(25)10-8-14-4-3-11-27-14/h1-12H/b10-8+. The van der Waals surface area contributed by atoms with E-state index in [2.05, 4.69) is 0 Å². The Bertz CT molecular complexity index is 1290. The maximum absolute atomic E-state index is 13.0. The fraction of sp³-hybridized carbons (Fsp3) is 0. The van der Waals surface area contributed by atoms with Crippen molar-refractivity contribution in [2.75, 3.05) is 0 Å². The van der Waals surface area contributed by atoms with Crippen molar-refractivity contribution in [2.45, 2.75) is 0 Å². The van der Waals surface area contributed by atoms with Gasteiger partial charge in [-0.15, -0.1) is 0 Å². The molecule has 0 saturated carbocycles. The van der Waals surface area contributed by atoms with E-state index in [0.29, 0.717) is 21.9 Å². The molecule has 5 nitrogen and oxygen atoms in total. The van der Waals surface area contributed by atoms with Crippen LogP contribution in [0.1, 0.15) is 5.76 Å². The second-order valence-corrected chi connectivity index (χ2v) is 6.82. The number of rotatable bonds is 4. The smallest absolute Gasteiger partial charge is 0.336 e. The maximum Gasteiger partial charge on any atom is 0.336 e. The lowest BCUT2D eigenvalue weighted by Crippen LogP contribution is -2.14. The first-order chi connectivity index (χ1) is 14.0. The van der Waals surface area contributed by atoms with E-state index in [-0.39, 0.29) is 21.9 Å². The van der Waals surface area contributed by atoms with Gasteiger partial charge < -0.3 is 13.6 Å². The molecule has 7 heteroatoms. The summed E-state index contributed by atoms with van der Waals surface area (Å²) in [5.41, 5.74) is 0.216. The lowest BCUT2D eigenvalue weighted by Gasteiger charge is -2.11. The molecule has 0 aliphatic rings. The van der Waals surface area contributed by atoms with Gasteiger partial charge in [-0.05, 0) is 48.5 Å². The van der Waals surface area contributed by atoms with Gasteiger partial charge in [0.2, 0.25) is 11.2 Å². The summed E-state index contributed by atoms with van der Waals surface area (Å²) in [6.45, 7) is 0. The zero-order chi connectivity index (χ0) is 20.4. The van der Waals surface area contributed by atoms with Crippen molar-refractivity contribution in [1.82, 2.24) is 0 Å². The van der Waals surface area contributed by atoms with E-state index in [1.807, 2.05) is 0 Å². The van der Waals surface area contributed by atoms with Crippen LogP contribution in [-0.2, 0) is 4.79 Å². The Morgan fingerprint density at radius 2 is 1.86 bits per heavy atom. The number of benzene rings is 2. The van der Waals surface area contributed by atoms with Gasteiger partial charge in [-0.1, -0.05) is 35.3 Å². The Balaban J connectivity index is 1.83. The molecule has 0 atom stereocenters. The van der Waals surface area contributed by atoms with Crippen LogP contribution in [0, 0.1) is 0 Å². The van der Waals surface area contributed by atoms with E-state index < -0.39 is 11.4 Å². The summed E-state index contributed by atoms with van der Waals surface area (Å²) in [6, 6.07) is 14.7. The van der Waals surface area contributed by atoms with Crippen LogP contribution in [0.4, 0.5) is 0 Å². The molecule has 0 spiro atoms. The van der Waals surface area contributed by atoms with Gasteiger partial charge in [0.25, 0.3) is 0 Å². The van der Waals surface area contributed by atoms with Gasteiger partial charge >= 0.3 is 5.97 Å². The first-order valence-corrected chi connectivity index (χ1v) is 9.23. The predicted octanol–water partition coefficient (Wildman–Crippen LogP) is 5.98. The molecule has 0 amide bonds. The summed E-state index contributed by atoms with van der Waals surface area (Å²) in [4.78, 5) is 25.4. The quantitative estimate of drug-likeness (QED) is 0.296.